The number of nitrogens with zero attached hydrogens (tertiary/aromatic N) is 3. The van der Waals surface area contributed by atoms with Crippen LogP contribution in [0.2, 0.25) is 10.4 Å². The van der Waals surface area contributed by atoms with Gasteiger partial charge >= 0.3 is 6.09 Å². The average molecular weight is 361 g/mol. The molecule has 128 valence electrons. The molecule has 1 aromatic heterocycles. The maximum Gasteiger partial charge on any atom is 0.410 e. The van der Waals surface area contributed by atoms with Crippen molar-refractivity contribution in [3.63, 3.8) is 0 Å². The summed E-state index contributed by atoms with van der Waals surface area (Å²) in [6.07, 6.45) is 3.29. The topological polar surface area (TPSA) is 67.3 Å². The van der Waals surface area contributed by atoms with E-state index in [-0.39, 0.29) is 17.4 Å². The molecule has 1 atom stereocenters. The van der Waals surface area contributed by atoms with Crippen LogP contribution in [0.25, 0.3) is 0 Å². The standard InChI is InChI=1S/C15H22Cl2N4O2/c1-15(2,3)23-14(22)21-6-4-5-11(21)9-18-7-10-8-19-13(17)20-12(10)16/h8,11,18H,4-7,9H2,1-3H3/t11-/m0/s1. The Labute approximate surface area is 146 Å². The minimum Gasteiger partial charge on any atom is -0.444 e. The lowest BCUT2D eigenvalue weighted by atomic mass is 10.2. The predicted molar refractivity (Wildman–Crippen MR) is 89.7 cm³/mol. The Morgan fingerprint density at radius 3 is 2.87 bits per heavy atom. The minimum absolute atomic E-state index is 0.122. The van der Waals surface area contributed by atoms with E-state index in [0.717, 1.165) is 24.9 Å². The second-order valence-corrected chi connectivity index (χ2v) is 7.25. The van der Waals surface area contributed by atoms with Gasteiger partial charge in [0.05, 0.1) is 0 Å². The number of carbonyl (C=O) groups is 1. The van der Waals surface area contributed by atoms with Gasteiger partial charge in [-0.2, -0.15) is 0 Å². The van der Waals surface area contributed by atoms with Gasteiger partial charge in [0.1, 0.15) is 10.8 Å². The van der Waals surface area contributed by atoms with Gasteiger partial charge in [-0.3, -0.25) is 0 Å². The van der Waals surface area contributed by atoms with Crippen LogP contribution in [0.3, 0.4) is 0 Å². The molecule has 2 heterocycles. The zero-order valence-corrected chi connectivity index (χ0v) is 15.1. The number of hydrogen-bond donors (Lipinski definition) is 1. The summed E-state index contributed by atoms with van der Waals surface area (Å²) in [7, 11) is 0. The van der Waals surface area contributed by atoms with Crippen LogP contribution in [0.15, 0.2) is 6.20 Å². The molecule has 0 saturated carbocycles. The molecule has 1 fully saturated rings. The van der Waals surface area contributed by atoms with E-state index in [4.69, 9.17) is 27.9 Å². The summed E-state index contributed by atoms with van der Waals surface area (Å²) in [4.78, 5) is 21.8. The van der Waals surface area contributed by atoms with Crippen LogP contribution in [0.1, 0.15) is 39.2 Å². The number of aromatic nitrogens is 2. The largest absolute Gasteiger partial charge is 0.444 e. The van der Waals surface area contributed by atoms with Crippen LogP contribution < -0.4 is 5.32 Å². The van der Waals surface area contributed by atoms with Crippen LogP contribution in [0.4, 0.5) is 4.79 Å². The Morgan fingerprint density at radius 2 is 2.22 bits per heavy atom. The molecule has 6 nitrogen and oxygen atoms in total. The molecule has 1 aliphatic rings. The number of rotatable bonds is 4. The number of ether oxygens (including phenoxy) is 1. The van der Waals surface area contributed by atoms with Gasteiger partial charge in [-0.1, -0.05) is 11.6 Å². The van der Waals surface area contributed by atoms with Crippen molar-refractivity contribution in [3.8, 4) is 0 Å². The fourth-order valence-electron chi connectivity index (χ4n) is 2.47. The fraction of sp³-hybridized carbons (Fsp3) is 0.667. The third kappa shape index (κ3) is 5.48. The maximum absolute atomic E-state index is 12.2. The monoisotopic (exact) mass is 360 g/mol. The predicted octanol–water partition coefficient (Wildman–Crippen LogP) is 3.27. The maximum atomic E-state index is 12.2. The van der Waals surface area contributed by atoms with Gasteiger partial charge in [-0.25, -0.2) is 14.8 Å². The van der Waals surface area contributed by atoms with E-state index >= 15 is 0 Å². The van der Waals surface area contributed by atoms with E-state index in [0.29, 0.717) is 18.2 Å². The Bertz CT molecular complexity index is 563. The van der Waals surface area contributed by atoms with E-state index in [2.05, 4.69) is 15.3 Å². The lowest BCUT2D eigenvalue weighted by Gasteiger charge is -2.28. The normalized spacial score (nSPS) is 18.3. The number of amides is 1. The highest BCUT2D eigenvalue weighted by Crippen LogP contribution is 2.21. The molecular formula is C15H22Cl2N4O2. The van der Waals surface area contributed by atoms with E-state index < -0.39 is 5.60 Å². The molecule has 1 saturated heterocycles. The lowest BCUT2D eigenvalue weighted by Crippen LogP contribution is -2.44. The first-order chi connectivity index (χ1) is 10.8. The van der Waals surface area contributed by atoms with Crippen molar-refractivity contribution < 1.29 is 9.53 Å². The Hall–Kier alpha value is -1.11. The van der Waals surface area contributed by atoms with Crippen molar-refractivity contribution in [2.75, 3.05) is 13.1 Å². The van der Waals surface area contributed by atoms with Crippen molar-refractivity contribution in [3.05, 3.63) is 22.2 Å². The Balaban J connectivity index is 1.85. The van der Waals surface area contributed by atoms with Gasteiger partial charge in [-0.15, -0.1) is 0 Å². The highest BCUT2D eigenvalue weighted by molar-refractivity contribution is 6.32. The lowest BCUT2D eigenvalue weighted by molar-refractivity contribution is 0.0226. The van der Waals surface area contributed by atoms with Gasteiger partial charge in [-0.05, 0) is 45.2 Å². The van der Waals surface area contributed by atoms with E-state index in [1.807, 2.05) is 20.8 Å². The second-order valence-electron chi connectivity index (χ2n) is 6.56. The van der Waals surface area contributed by atoms with Crippen LogP contribution >= 0.6 is 23.2 Å². The molecule has 8 heteroatoms. The molecule has 0 unspecified atom stereocenters. The van der Waals surface area contributed by atoms with Crippen molar-refractivity contribution in [2.24, 2.45) is 0 Å². The zero-order chi connectivity index (χ0) is 17.0. The first-order valence-corrected chi connectivity index (χ1v) is 8.39. The van der Waals surface area contributed by atoms with Gasteiger partial charge in [0.2, 0.25) is 5.28 Å². The SMILES string of the molecule is CC(C)(C)OC(=O)N1CCC[C@H]1CNCc1cnc(Cl)nc1Cl. The van der Waals surface area contributed by atoms with Crippen LogP contribution in [-0.4, -0.2) is 45.7 Å². The summed E-state index contributed by atoms with van der Waals surface area (Å²) in [5, 5.41) is 3.77. The van der Waals surface area contributed by atoms with Crippen molar-refractivity contribution in [1.29, 1.82) is 0 Å². The molecule has 1 aromatic rings. The Morgan fingerprint density at radius 1 is 1.48 bits per heavy atom. The molecule has 1 aliphatic heterocycles. The molecule has 2 rings (SSSR count). The number of likely N-dealkylation sites (tertiary alicyclic amines) is 1. The third-order valence-corrected chi connectivity index (χ3v) is 3.99. The van der Waals surface area contributed by atoms with Gasteiger partial charge in [0, 0.05) is 37.4 Å². The minimum atomic E-state index is -0.480. The van der Waals surface area contributed by atoms with Crippen molar-refractivity contribution in [1.82, 2.24) is 20.2 Å². The summed E-state index contributed by atoms with van der Waals surface area (Å²) in [5.74, 6) is 0. The molecule has 0 aromatic carbocycles. The first-order valence-electron chi connectivity index (χ1n) is 7.63. The van der Waals surface area contributed by atoms with Crippen LogP contribution in [0, 0.1) is 0 Å². The number of halogens is 2. The van der Waals surface area contributed by atoms with Crippen LogP contribution in [0.5, 0.6) is 0 Å². The second kappa shape index (κ2) is 7.64. The van der Waals surface area contributed by atoms with E-state index in [1.165, 1.54) is 0 Å². The molecular weight excluding hydrogens is 339 g/mol. The highest BCUT2D eigenvalue weighted by atomic mass is 35.5. The summed E-state index contributed by atoms with van der Waals surface area (Å²) < 4.78 is 5.45. The van der Waals surface area contributed by atoms with Gasteiger partial charge in [0.25, 0.3) is 0 Å². The zero-order valence-electron chi connectivity index (χ0n) is 13.6. The average Bonchev–Trinajstić information content (AvgIpc) is 2.88. The summed E-state index contributed by atoms with van der Waals surface area (Å²) in [6.45, 7) is 7.53. The van der Waals surface area contributed by atoms with Crippen molar-refractivity contribution >= 4 is 29.3 Å². The quantitative estimate of drug-likeness (QED) is 0.659. The highest BCUT2D eigenvalue weighted by Gasteiger charge is 2.31. The summed E-state index contributed by atoms with van der Waals surface area (Å²) in [6, 6.07) is 0.122. The van der Waals surface area contributed by atoms with Crippen LogP contribution in [-0.2, 0) is 11.3 Å². The molecule has 23 heavy (non-hydrogen) atoms. The summed E-state index contributed by atoms with van der Waals surface area (Å²) >= 11 is 11.7. The molecule has 0 bridgehead atoms. The van der Waals surface area contributed by atoms with E-state index in [9.17, 15) is 4.79 Å². The molecule has 0 radical (unpaired) electrons. The molecule has 0 aliphatic carbocycles. The van der Waals surface area contributed by atoms with Gasteiger partial charge < -0.3 is 15.0 Å². The van der Waals surface area contributed by atoms with Crippen molar-refractivity contribution in [2.45, 2.75) is 51.8 Å². The number of carbonyl (C=O) groups excluding carboxylic acids is 1. The molecule has 1 amide bonds. The van der Waals surface area contributed by atoms with E-state index in [1.54, 1.807) is 11.1 Å². The smallest absolute Gasteiger partial charge is 0.410 e. The number of hydrogen-bond acceptors (Lipinski definition) is 5. The fourth-order valence-corrected chi connectivity index (χ4v) is 2.84. The number of nitrogens with one attached hydrogen (secondary N) is 1. The molecule has 1 N–H and O–H groups in total. The summed E-state index contributed by atoms with van der Waals surface area (Å²) in [5.41, 5.74) is 0.295. The third-order valence-electron chi connectivity index (χ3n) is 3.48. The Kier molecular flexibility index (Phi) is 6.06. The molecule has 0 spiro atoms. The van der Waals surface area contributed by atoms with Gasteiger partial charge in [0.15, 0.2) is 0 Å². The first kappa shape index (κ1) is 18.2.